The highest BCUT2D eigenvalue weighted by atomic mass is 19.1. The molecule has 0 radical (unpaired) electrons. The van der Waals surface area contributed by atoms with Crippen molar-refractivity contribution >= 4 is 29.1 Å². The highest BCUT2D eigenvalue weighted by molar-refractivity contribution is 5.94. The summed E-state index contributed by atoms with van der Waals surface area (Å²) in [5.41, 5.74) is 6.91. The van der Waals surface area contributed by atoms with Gasteiger partial charge in [-0.05, 0) is 6.07 Å². The van der Waals surface area contributed by atoms with Gasteiger partial charge in [0, 0.05) is 44.8 Å². The van der Waals surface area contributed by atoms with Crippen molar-refractivity contribution in [3.63, 3.8) is 0 Å². The van der Waals surface area contributed by atoms with Gasteiger partial charge in [-0.1, -0.05) is 12.1 Å². The van der Waals surface area contributed by atoms with Gasteiger partial charge < -0.3 is 29.9 Å². The van der Waals surface area contributed by atoms with E-state index in [0.29, 0.717) is 56.6 Å². The summed E-state index contributed by atoms with van der Waals surface area (Å²) in [6, 6.07) is 5.06. The Labute approximate surface area is 191 Å². The predicted octanol–water partition coefficient (Wildman–Crippen LogP) is 1.15. The summed E-state index contributed by atoms with van der Waals surface area (Å²) in [6.45, 7) is 5.44. The van der Waals surface area contributed by atoms with Gasteiger partial charge in [-0.25, -0.2) is 14.4 Å². The Morgan fingerprint density at radius 1 is 1.06 bits per heavy atom. The number of anilines is 3. The number of carbonyl (C=O) groups is 1. The largest absolute Gasteiger partial charge is 0.460 e. The first-order valence-electron chi connectivity index (χ1n) is 10.9. The SMILES string of the molecule is N=C(N)CC(=O)OCc1cccc(N2CCN(c3cnc(N4CCOCC4)nc3)CC2)c1F. The van der Waals surface area contributed by atoms with E-state index in [1.807, 2.05) is 17.3 Å². The van der Waals surface area contributed by atoms with Crippen molar-refractivity contribution < 1.29 is 18.7 Å². The van der Waals surface area contributed by atoms with E-state index in [9.17, 15) is 4.79 Å². The van der Waals surface area contributed by atoms with E-state index >= 15 is 4.39 Å². The Hall–Kier alpha value is -3.47. The lowest BCUT2D eigenvalue weighted by molar-refractivity contribution is -0.143. The highest BCUT2D eigenvalue weighted by Gasteiger charge is 2.22. The normalized spacial score (nSPS) is 16.6. The molecule has 0 aliphatic carbocycles. The van der Waals surface area contributed by atoms with E-state index in [4.69, 9.17) is 20.6 Å². The van der Waals surface area contributed by atoms with Crippen molar-refractivity contribution in [1.82, 2.24) is 9.97 Å². The van der Waals surface area contributed by atoms with E-state index in [2.05, 4.69) is 19.8 Å². The van der Waals surface area contributed by atoms with Crippen molar-refractivity contribution in [3.05, 3.63) is 42.0 Å². The summed E-state index contributed by atoms with van der Waals surface area (Å²) in [5.74, 6) is -0.626. The molecular formula is C22H28FN7O3. The van der Waals surface area contributed by atoms with Crippen LogP contribution in [-0.2, 0) is 20.9 Å². The van der Waals surface area contributed by atoms with Gasteiger partial charge in [0.25, 0.3) is 0 Å². The number of benzene rings is 1. The molecular weight excluding hydrogens is 429 g/mol. The molecule has 1 aromatic carbocycles. The van der Waals surface area contributed by atoms with Gasteiger partial charge in [0.05, 0.1) is 37.0 Å². The molecule has 176 valence electrons. The Kier molecular flexibility index (Phi) is 7.18. The molecule has 0 amide bonds. The van der Waals surface area contributed by atoms with Crippen molar-refractivity contribution in [2.45, 2.75) is 13.0 Å². The number of nitrogens with two attached hydrogens (primary N) is 1. The van der Waals surface area contributed by atoms with Gasteiger partial charge in [0.15, 0.2) is 5.82 Å². The fraction of sp³-hybridized carbons (Fsp3) is 0.455. The molecule has 2 fully saturated rings. The summed E-state index contributed by atoms with van der Waals surface area (Å²) in [4.78, 5) is 26.9. The second-order valence-corrected chi connectivity index (χ2v) is 7.93. The van der Waals surface area contributed by atoms with Crippen LogP contribution in [0.25, 0.3) is 0 Å². The molecule has 33 heavy (non-hydrogen) atoms. The average Bonchev–Trinajstić information content (AvgIpc) is 2.84. The van der Waals surface area contributed by atoms with Crippen LogP contribution in [0.15, 0.2) is 30.6 Å². The van der Waals surface area contributed by atoms with Gasteiger partial charge in [0.1, 0.15) is 18.9 Å². The Morgan fingerprint density at radius 2 is 1.73 bits per heavy atom. The second kappa shape index (κ2) is 10.4. The maximum atomic E-state index is 15.1. The lowest BCUT2D eigenvalue weighted by Crippen LogP contribution is -2.47. The maximum Gasteiger partial charge on any atom is 0.313 e. The third-order valence-electron chi connectivity index (χ3n) is 5.69. The average molecular weight is 458 g/mol. The number of piperazine rings is 1. The van der Waals surface area contributed by atoms with Gasteiger partial charge in [0.2, 0.25) is 5.95 Å². The summed E-state index contributed by atoms with van der Waals surface area (Å²) in [6.07, 6.45) is 3.37. The first-order valence-corrected chi connectivity index (χ1v) is 10.9. The van der Waals surface area contributed by atoms with Crippen molar-refractivity contribution in [1.29, 1.82) is 5.41 Å². The highest BCUT2D eigenvalue weighted by Crippen LogP contribution is 2.26. The molecule has 0 spiro atoms. The number of aromatic nitrogens is 2. The number of carbonyl (C=O) groups excluding carboxylic acids is 1. The topological polar surface area (TPSA) is 121 Å². The van der Waals surface area contributed by atoms with Crippen LogP contribution in [0.5, 0.6) is 0 Å². The van der Waals surface area contributed by atoms with Crippen LogP contribution in [0.1, 0.15) is 12.0 Å². The van der Waals surface area contributed by atoms with Crippen LogP contribution in [-0.4, -0.2) is 74.3 Å². The Balaban J connectivity index is 1.34. The fourth-order valence-electron chi connectivity index (χ4n) is 3.90. The smallest absolute Gasteiger partial charge is 0.313 e. The molecule has 1 aromatic heterocycles. The first-order chi connectivity index (χ1) is 16.0. The van der Waals surface area contributed by atoms with Gasteiger partial charge in [-0.2, -0.15) is 0 Å². The second-order valence-electron chi connectivity index (χ2n) is 7.93. The number of hydrogen-bond acceptors (Lipinski definition) is 9. The van der Waals surface area contributed by atoms with Crippen LogP contribution in [0.2, 0.25) is 0 Å². The lowest BCUT2D eigenvalue weighted by Gasteiger charge is -2.37. The third kappa shape index (κ3) is 5.67. The monoisotopic (exact) mass is 457 g/mol. The van der Waals surface area contributed by atoms with E-state index in [-0.39, 0.29) is 18.9 Å². The number of amidine groups is 1. The molecule has 3 N–H and O–H groups in total. The van der Waals surface area contributed by atoms with Crippen molar-refractivity contribution in [2.75, 3.05) is 67.2 Å². The quantitative estimate of drug-likeness (QED) is 0.358. The molecule has 0 unspecified atom stereocenters. The number of morpholine rings is 1. The standard InChI is InChI=1S/C22H28FN7O3/c23-21-16(15-33-20(31)12-19(24)25)2-1-3-18(21)29-6-4-28(5-7-29)17-13-26-22(27-14-17)30-8-10-32-11-9-30/h1-3,13-14H,4-12,15H2,(H3,24,25). The van der Waals surface area contributed by atoms with E-state index in [1.54, 1.807) is 18.2 Å². The number of nitrogens with one attached hydrogen (secondary N) is 1. The van der Waals surface area contributed by atoms with Crippen molar-refractivity contribution in [3.8, 4) is 0 Å². The molecule has 2 aliphatic heterocycles. The molecule has 3 heterocycles. The lowest BCUT2D eigenvalue weighted by atomic mass is 10.1. The van der Waals surface area contributed by atoms with Gasteiger partial charge in [-0.3, -0.25) is 10.2 Å². The molecule has 0 atom stereocenters. The minimum atomic E-state index is -0.650. The van der Waals surface area contributed by atoms with Crippen LogP contribution in [0.3, 0.4) is 0 Å². The molecule has 2 saturated heterocycles. The molecule has 2 aliphatic rings. The van der Waals surface area contributed by atoms with E-state index in [1.165, 1.54) is 0 Å². The zero-order chi connectivity index (χ0) is 23.2. The number of halogens is 1. The Bertz CT molecular complexity index is 974. The molecule has 2 aromatic rings. The minimum absolute atomic E-state index is 0.196. The molecule has 0 bridgehead atoms. The van der Waals surface area contributed by atoms with E-state index in [0.717, 1.165) is 18.8 Å². The van der Waals surface area contributed by atoms with Gasteiger partial charge in [-0.15, -0.1) is 0 Å². The van der Waals surface area contributed by atoms with Gasteiger partial charge >= 0.3 is 5.97 Å². The molecule has 11 heteroatoms. The number of nitrogens with zero attached hydrogens (tertiary/aromatic N) is 5. The van der Waals surface area contributed by atoms with Crippen molar-refractivity contribution in [2.24, 2.45) is 5.73 Å². The van der Waals surface area contributed by atoms with E-state index < -0.39 is 11.8 Å². The summed E-state index contributed by atoms with van der Waals surface area (Å²) >= 11 is 0. The predicted molar refractivity (Wildman–Crippen MR) is 122 cm³/mol. The maximum absolute atomic E-state index is 15.1. The number of rotatable bonds is 7. The molecule has 0 saturated carbocycles. The Morgan fingerprint density at radius 3 is 2.39 bits per heavy atom. The summed E-state index contributed by atoms with van der Waals surface area (Å²) in [7, 11) is 0. The summed E-state index contributed by atoms with van der Waals surface area (Å²) < 4.78 is 25.5. The number of ether oxygens (including phenoxy) is 2. The van der Waals surface area contributed by atoms with Crippen LogP contribution < -0.4 is 20.4 Å². The third-order valence-corrected chi connectivity index (χ3v) is 5.69. The number of esters is 1. The number of hydrogen-bond donors (Lipinski definition) is 2. The molecule has 4 rings (SSSR count). The van der Waals surface area contributed by atoms with Crippen LogP contribution >= 0.6 is 0 Å². The van der Waals surface area contributed by atoms with Crippen LogP contribution in [0, 0.1) is 11.2 Å². The minimum Gasteiger partial charge on any atom is -0.460 e. The zero-order valence-corrected chi connectivity index (χ0v) is 18.4. The first kappa shape index (κ1) is 22.7. The fourth-order valence-corrected chi connectivity index (χ4v) is 3.90. The summed E-state index contributed by atoms with van der Waals surface area (Å²) in [5, 5.41) is 7.13. The van der Waals surface area contributed by atoms with Crippen LogP contribution in [0.4, 0.5) is 21.7 Å². The zero-order valence-electron chi connectivity index (χ0n) is 18.4. The molecule has 10 nitrogen and oxygen atoms in total.